The molecule has 0 saturated carbocycles. The molecule has 0 spiro atoms. The largest absolute Gasteiger partial charge is 0.396 e. The number of hydrogen-bond donors (Lipinski definition) is 2. The van der Waals surface area contributed by atoms with Crippen molar-refractivity contribution in [2.75, 3.05) is 18.5 Å². The third kappa shape index (κ3) is 4.10. The van der Waals surface area contributed by atoms with E-state index in [2.05, 4.69) is 5.32 Å². The van der Waals surface area contributed by atoms with Gasteiger partial charge in [-0.3, -0.25) is 0 Å². The summed E-state index contributed by atoms with van der Waals surface area (Å²) < 4.78 is 0. The molecule has 15 heavy (non-hydrogen) atoms. The third-order valence-corrected chi connectivity index (χ3v) is 2.83. The number of anilines is 1. The predicted molar refractivity (Wildman–Crippen MR) is 65.6 cm³/mol. The second-order valence-electron chi connectivity index (χ2n) is 3.62. The highest BCUT2D eigenvalue weighted by Gasteiger charge is 2.00. The van der Waals surface area contributed by atoms with Crippen LogP contribution in [0.3, 0.4) is 0 Å². The van der Waals surface area contributed by atoms with Crippen molar-refractivity contribution in [2.45, 2.75) is 26.2 Å². The number of aliphatic hydroxyl groups is 1. The molecular weight excluding hydrogens is 210 g/mol. The van der Waals surface area contributed by atoms with Crippen LogP contribution in [0.5, 0.6) is 0 Å². The van der Waals surface area contributed by atoms with Gasteiger partial charge in [0, 0.05) is 23.9 Å². The van der Waals surface area contributed by atoms with Crippen molar-refractivity contribution in [1.29, 1.82) is 0 Å². The SMILES string of the molecule is Cc1c(Cl)cccc1NCCCCCO. The zero-order chi connectivity index (χ0) is 11.1. The van der Waals surface area contributed by atoms with Gasteiger partial charge in [0.25, 0.3) is 0 Å². The second kappa shape index (κ2) is 6.70. The van der Waals surface area contributed by atoms with Crippen LogP contribution in [0.1, 0.15) is 24.8 Å². The summed E-state index contributed by atoms with van der Waals surface area (Å²) in [6.45, 7) is 3.23. The van der Waals surface area contributed by atoms with Gasteiger partial charge in [-0.1, -0.05) is 17.7 Å². The molecule has 0 saturated heterocycles. The maximum absolute atomic E-state index is 8.63. The molecule has 1 rings (SSSR count). The Morgan fingerprint density at radius 2 is 2.07 bits per heavy atom. The lowest BCUT2D eigenvalue weighted by Crippen LogP contribution is -2.03. The lowest BCUT2D eigenvalue weighted by Gasteiger charge is -2.10. The number of hydrogen-bond acceptors (Lipinski definition) is 2. The number of nitrogens with one attached hydrogen (secondary N) is 1. The molecule has 3 heteroatoms. The summed E-state index contributed by atoms with van der Waals surface area (Å²) in [5.74, 6) is 0. The lowest BCUT2D eigenvalue weighted by molar-refractivity contribution is 0.283. The van der Waals surface area contributed by atoms with Gasteiger partial charge < -0.3 is 10.4 Å². The minimum absolute atomic E-state index is 0.288. The Bertz CT molecular complexity index is 302. The first-order valence-electron chi connectivity index (χ1n) is 5.35. The standard InChI is InChI=1S/C12H18ClNO/c1-10-11(13)6-5-7-12(10)14-8-3-2-4-9-15/h5-7,14-15H,2-4,8-9H2,1H3. The Morgan fingerprint density at radius 1 is 1.27 bits per heavy atom. The second-order valence-corrected chi connectivity index (χ2v) is 4.03. The highest BCUT2D eigenvalue weighted by atomic mass is 35.5. The van der Waals surface area contributed by atoms with Gasteiger partial charge in [-0.15, -0.1) is 0 Å². The molecule has 0 aromatic heterocycles. The Kier molecular flexibility index (Phi) is 5.51. The van der Waals surface area contributed by atoms with Crippen molar-refractivity contribution in [2.24, 2.45) is 0 Å². The van der Waals surface area contributed by atoms with Crippen LogP contribution >= 0.6 is 11.6 Å². The summed E-state index contributed by atoms with van der Waals surface area (Å²) in [5.41, 5.74) is 2.20. The van der Waals surface area contributed by atoms with Crippen LogP contribution < -0.4 is 5.32 Å². The first kappa shape index (κ1) is 12.3. The number of unbranched alkanes of at least 4 members (excludes halogenated alkanes) is 2. The van der Waals surface area contributed by atoms with E-state index in [1.165, 1.54) is 0 Å². The molecular formula is C12H18ClNO. The molecule has 2 nitrogen and oxygen atoms in total. The average molecular weight is 228 g/mol. The van der Waals surface area contributed by atoms with Gasteiger partial charge in [0.1, 0.15) is 0 Å². The van der Waals surface area contributed by atoms with E-state index in [0.717, 1.165) is 42.1 Å². The summed E-state index contributed by atoms with van der Waals surface area (Å²) in [7, 11) is 0. The topological polar surface area (TPSA) is 32.3 Å². The molecule has 0 aliphatic carbocycles. The molecule has 2 N–H and O–H groups in total. The number of rotatable bonds is 6. The normalized spacial score (nSPS) is 10.3. The lowest BCUT2D eigenvalue weighted by atomic mass is 10.2. The van der Waals surface area contributed by atoms with Crippen molar-refractivity contribution in [1.82, 2.24) is 0 Å². The van der Waals surface area contributed by atoms with Crippen molar-refractivity contribution in [3.8, 4) is 0 Å². The Labute approximate surface area is 96.3 Å². The minimum Gasteiger partial charge on any atom is -0.396 e. The quantitative estimate of drug-likeness (QED) is 0.732. The first-order chi connectivity index (χ1) is 7.25. The molecule has 84 valence electrons. The highest BCUT2D eigenvalue weighted by molar-refractivity contribution is 6.31. The molecule has 0 atom stereocenters. The average Bonchev–Trinajstić information content (AvgIpc) is 2.24. The minimum atomic E-state index is 0.288. The summed E-state index contributed by atoms with van der Waals surface area (Å²) in [4.78, 5) is 0. The Hall–Kier alpha value is -0.730. The van der Waals surface area contributed by atoms with E-state index in [1.54, 1.807) is 0 Å². The number of benzene rings is 1. The number of aliphatic hydroxyl groups excluding tert-OH is 1. The highest BCUT2D eigenvalue weighted by Crippen LogP contribution is 2.22. The molecule has 0 bridgehead atoms. The molecule has 1 aromatic carbocycles. The van der Waals surface area contributed by atoms with Crippen molar-refractivity contribution in [3.63, 3.8) is 0 Å². The molecule has 0 heterocycles. The van der Waals surface area contributed by atoms with Gasteiger partial charge in [-0.25, -0.2) is 0 Å². The molecule has 0 aliphatic rings. The molecule has 0 amide bonds. The van der Waals surface area contributed by atoms with Crippen LogP contribution in [0.15, 0.2) is 18.2 Å². The number of halogens is 1. The van der Waals surface area contributed by atoms with Crippen molar-refractivity contribution in [3.05, 3.63) is 28.8 Å². The molecule has 0 radical (unpaired) electrons. The van der Waals surface area contributed by atoms with Crippen LogP contribution in [0.4, 0.5) is 5.69 Å². The zero-order valence-corrected chi connectivity index (χ0v) is 9.85. The predicted octanol–water partition coefficient (Wildman–Crippen LogP) is 3.22. The first-order valence-corrected chi connectivity index (χ1v) is 5.73. The summed E-state index contributed by atoms with van der Waals surface area (Å²) in [6, 6.07) is 5.88. The molecule has 0 aliphatic heterocycles. The van der Waals surface area contributed by atoms with Crippen LogP contribution in [0.25, 0.3) is 0 Å². The van der Waals surface area contributed by atoms with Gasteiger partial charge in [-0.2, -0.15) is 0 Å². The van der Waals surface area contributed by atoms with E-state index in [4.69, 9.17) is 16.7 Å². The molecule has 0 fully saturated rings. The van der Waals surface area contributed by atoms with Crippen LogP contribution in [-0.4, -0.2) is 18.3 Å². The van der Waals surface area contributed by atoms with Crippen LogP contribution in [-0.2, 0) is 0 Å². The fraction of sp³-hybridized carbons (Fsp3) is 0.500. The van der Waals surface area contributed by atoms with Gasteiger partial charge in [-0.05, 0) is 43.9 Å². The van der Waals surface area contributed by atoms with E-state index in [1.807, 2.05) is 25.1 Å². The van der Waals surface area contributed by atoms with Crippen molar-refractivity contribution >= 4 is 17.3 Å². The van der Waals surface area contributed by atoms with Gasteiger partial charge in [0.15, 0.2) is 0 Å². The van der Waals surface area contributed by atoms with Crippen LogP contribution in [0, 0.1) is 6.92 Å². The molecule has 1 aromatic rings. The monoisotopic (exact) mass is 227 g/mol. The van der Waals surface area contributed by atoms with Crippen molar-refractivity contribution < 1.29 is 5.11 Å². The maximum Gasteiger partial charge on any atom is 0.0455 e. The van der Waals surface area contributed by atoms with E-state index in [0.29, 0.717) is 0 Å². The zero-order valence-electron chi connectivity index (χ0n) is 9.09. The van der Waals surface area contributed by atoms with Gasteiger partial charge >= 0.3 is 0 Å². The summed E-state index contributed by atoms with van der Waals surface area (Å²) >= 11 is 6.00. The summed E-state index contributed by atoms with van der Waals surface area (Å²) in [5, 5.41) is 12.8. The van der Waals surface area contributed by atoms with Gasteiger partial charge in [0.05, 0.1) is 0 Å². The summed E-state index contributed by atoms with van der Waals surface area (Å²) in [6.07, 6.45) is 3.02. The van der Waals surface area contributed by atoms with E-state index < -0.39 is 0 Å². The van der Waals surface area contributed by atoms with Gasteiger partial charge in [0.2, 0.25) is 0 Å². The third-order valence-electron chi connectivity index (χ3n) is 2.42. The fourth-order valence-electron chi connectivity index (χ4n) is 1.44. The Balaban J connectivity index is 2.34. The Morgan fingerprint density at radius 3 is 2.80 bits per heavy atom. The van der Waals surface area contributed by atoms with E-state index in [9.17, 15) is 0 Å². The van der Waals surface area contributed by atoms with E-state index >= 15 is 0 Å². The molecule has 0 unspecified atom stereocenters. The smallest absolute Gasteiger partial charge is 0.0455 e. The van der Waals surface area contributed by atoms with E-state index in [-0.39, 0.29) is 6.61 Å². The maximum atomic E-state index is 8.63. The van der Waals surface area contributed by atoms with Crippen LogP contribution in [0.2, 0.25) is 5.02 Å². The fourth-order valence-corrected chi connectivity index (χ4v) is 1.61.